The van der Waals surface area contributed by atoms with E-state index in [9.17, 15) is 13.2 Å². The number of benzene rings is 1. The number of aryl methyl sites for hydroxylation is 3. The normalized spacial score (nSPS) is 17.6. The number of imidazole rings is 2. The predicted octanol–water partition coefficient (Wildman–Crippen LogP) is 0.957. The van der Waals surface area contributed by atoms with Gasteiger partial charge in [0, 0.05) is 53.0 Å². The van der Waals surface area contributed by atoms with Crippen LogP contribution in [0.1, 0.15) is 12.2 Å². The smallest absolute Gasteiger partial charge is 0.328 e. The molecular weight excluding hydrogens is 366 g/mol. The Balaban J connectivity index is 1.60. The molecule has 0 N–H and O–H groups in total. The van der Waals surface area contributed by atoms with Gasteiger partial charge in [0.05, 0.1) is 15.9 Å². The van der Waals surface area contributed by atoms with E-state index in [1.165, 1.54) is 13.4 Å². The fourth-order valence-corrected chi connectivity index (χ4v) is 5.14. The molecule has 0 spiro atoms. The standard InChI is InChI=1S/C18H23N5O3S/c1-20(11-13-4-7-17-19-8-9-23(17)12-13)27(25,26)14-5-6-15-16(10-14)22(3)18(24)21(15)2/h5-6,8-10,13H,4,7,11-12H2,1-3H3/t13-/m1/s1. The molecule has 0 amide bonds. The van der Waals surface area contributed by atoms with Crippen molar-refractivity contribution in [1.82, 2.24) is 23.0 Å². The minimum absolute atomic E-state index is 0.175. The average Bonchev–Trinajstić information content (AvgIpc) is 3.20. The van der Waals surface area contributed by atoms with Gasteiger partial charge >= 0.3 is 5.69 Å². The van der Waals surface area contributed by atoms with Gasteiger partial charge in [-0.15, -0.1) is 0 Å². The summed E-state index contributed by atoms with van der Waals surface area (Å²) < 4.78 is 32.6. The Kier molecular flexibility index (Phi) is 4.23. The van der Waals surface area contributed by atoms with Crippen molar-refractivity contribution in [2.24, 2.45) is 20.0 Å². The van der Waals surface area contributed by atoms with Crippen LogP contribution >= 0.6 is 0 Å². The lowest BCUT2D eigenvalue weighted by molar-refractivity contribution is 0.303. The second-order valence-electron chi connectivity index (χ2n) is 7.24. The number of hydrogen-bond donors (Lipinski definition) is 0. The fraction of sp³-hybridized carbons (Fsp3) is 0.444. The second-order valence-corrected chi connectivity index (χ2v) is 9.28. The highest BCUT2D eigenvalue weighted by atomic mass is 32.2. The summed E-state index contributed by atoms with van der Waals surface area (Å²) >= 11 is 0. The maximum absolute atomic E-state index is 13.1. The Hall–Kier alpha value is -2.39. The monoisotopic (exact) mass is 389 g/mol. The minimum atomic E-state index is -3.63. The van der Waals surface area contributed by atoms with Crippen molar-refractivity contribution in [2.45, 2.75) is 24.3 Å². The van der Waals surface area contributed by atoms with E-state index in [1.807, 2.05) is 6.20 Å². The molecule has 0 bridgehead atoms. The average molecular weight is 389 g/mol. The molecule has 27 heavy (non-hydrogen) atoms. The van der Waals surface area contributed by atoms with Crippen LogP contribution in [0.2, 0.25) is 0 Å². The molecule has 3 heterocycles. The summed E-state index contributed by atoms with van der Waals surface area (Å²) in [5.41, 5.74) is 1.15. The van der Waals surface area contributed by atoms with Crippen LogP contribution in [0.15, 0.2) is 40.3 Å². The third-order valence-electron chi connectivity index (χ3n) is 5.50. The molecule has 1 aliphatic heterocycles. The molecule has 2 aromatic heterocycles. The van der Waals surface area contributed by atoms with Crippen molar-refractivity contribution in [3.63, 3.8) is 0 Å². The largest absolute Gasteiger partial charge is 0.335 e. The van der Waals surface area contributed by atoms with E-state index < -0.39 is 10.0 Å². The van der Waals surface area contributed by atoms with Gasteiger partial charge in [-0.25, -0.2) is 22.5 Å². The van der Waals surface area contributed by atoms with Gasteiger partial charge in [-0.05, 0) is 30.5 Å². The van der Waals surface area contributed by atoms with Gasteiger partial charge in [-0.2, -0.15) is 0 Å². The lowest BCUT2D eigenvalue weighted by atomic mass is 10.00. The highest BCUT2D eigenvalue weighted by molar-refractivity contribution is 7.89. The van der Waals surface area contributed by atoms with Crippen molar-refractivity contribution in [3.8, 4) is 0 Å². The highest BCUT2D eigenvalue weighted by Crippen LogP contribution is 2.24. The SMILES string of the molecule is CN(C[C@H]1CCc2nccn2C1)S(=O)(=O)c1ccc2c(c1)n(C)c(=O)n2C. The van der Waals surface area contributed by atoms with E-state index in [1.54, 1.807) is 45.5 Å². The first-order valence-electron chi connectivity index (χ1n) is 8.91. The van der Waals surface area contributed by atoms with Crippen LogP contribution in [0.4, 0.5) is 0 Å². The Morgan fingerprint density at radius 3 is 2.74 bits per heavy atom. The zero-order valence-corrected chi connectivity index (χ0v) is 16.5. The number of rotatable bonds is 4. The quantitative estimate of drug-likeness (QED) is 0.665. The van der Waals surface area contributed by atoms with Crippen molar-refractivity contribution < 1.29 is 8.42 Å². The molecule has 0 unspecified atom stereocenters. The third-order valence-corrected chi connectivity index (χ3v) is 7.32. The molecule has 4 rings (SSSR count). The summed E-state index contributed by atoms with van der Waals surface area (Å²) in [5.74, 6) is 1.31. The maximum atomic E-state index is 13.1. The van der Waals surface area contributed by atoms with E-state index in [4.69, 9.17) is 0 Å². The molecule has 9 heteroatoms. The van der Waals surface area contributed by atoms with Gasteiger partial charge in [0.25, 0.3) is 0 Å². The molecule has 3 aromatic rings. The maximum Gasteiger partial charge on any atom is 0.328 e. The first kappa shape index (κ1) is 18.0. The highest BCUT2D eigenvalue weighted by Gasteiger charge is 2.27. The van der Waals surface area contributed by atoms with Crippen LogP contribution in [0.3, 0.4) is 0 Å². The fourth-order valence-electron chi connectivity index (χ4n) is 3.87. The zero-order chi connectivity index (χ0) is 19.3. The summed E-state index contributed by atoms with van der Waals surface area (Å²) in [6, 6.07) is 4.84. The van der Waals surface area contributed by atoms with E-state index in [0.29, 0.717) is 17.6 Å². The summed E-state index contributed by atoms with van der Waals surface area (Å²) in [6.45, 7) is 1.23. The summed E-state index contributed by atoms with van der Waals surface area (Å²) in [5, 5.41) is 0. The van der Waals surface area contributed by atoms with E-state index >= 15 is 0 Å². The van der Waals surface area contributed by atoms with Crippen LogP contribution in [0.25, 0.3) is 11.0 Å². The first-order chi connectivity index (χ1) is 12.8. The molecule has 0 aliphatic carbocycles. The Morgan fingerprint density at radius 2 is 1.96 bits per heavy atom. The number of fused-ring (bicyclic) bond motifs is 2. The molecule has 1 atom stereocenters. The Morgan fingerprint density at radius 1 is 1.22 bits per heavy atom. The molecule has 144 valence electrons. The van der Waals surface area contributed by atoms with Crippen molar-refractivity contribution in [2.75, 3.05) is 13.6 Å². The lowest BCUT2D eigenvalue weighted by Gasteiger charge is -2.27. The Labute approximate surface area is 157 Å². The van der Waals surface area contributed by atoms with E-state index in [-0.39, 0.29) is 16.5 Å². The minimum Gasteiger partial charge on any atom is -0.335 e. The zero-order valence-electron chi connectivity index (χ0n) is 15.7. The predicted molar refractivity (Wildman–Crippen MR) is 102 cm³/mol. The van der Waals surface area contributed by atoms with E-state index in [0.717, 1.165) is 25.2 Å². The summed E-state index contributed by atoms with van der Waals surface area (Å²) in [4.78, 5) is 16.6. The molecule has 0 saturated heterocycles. The third kappa shape index (κ3) is 2.90. The van der Waals surface area contributed by atoms with Gasteiger partial charge in [0.2, 0.25) is 10.0 Å². The number of nitrogens with zero attached hydrogens (tertiary/aromatic N) is 5. The van der Waals surface area contributed by atoms with E-state index in [2.05, 4.69) is 9.55 Å². The number of aromatic nitrogens is 4. The molecular formula is C18H23N5O3S. The van der Waals surface area contributed by atoms with Gasteiger partial charge in [0.15, 0.2) is 0 Å². The van der Waals surface area contributed by atoms with Gasteiger partial charge in [0.1, 0.15) is 5.82 Å². The van der Waals surface area contributed by atoms with Crippen LogP contribution in [0, 0.1) is 5.92 Å². The van der Waals surface area contributed by atoms with Gasteiger partial charge in [-0.1, -0.05) is 0 Å². The lowest BCUT2D eigenvalue weighted by Crippen LogP contribution is -2.35. The van der Waals surface area contributed by atoms with Crippen LogP contribution in [0.5, 0.6) is 0 Å². The first-order valence-corrected chi connectivity index (χ1v) is 10.3. The number of sulfonamides is 1. The summed E-state index contributed by atoms with van der Waals surface area (Å²) in [7, 11) is 1.31. The van der Waals surface area contributed by atoms with Crippen LogP contribution in [-0.2, 0) is 37.1 Å². The van der Waals surface area contributed by atoms with Crippen LogP contribution < -0.4 is 5.69 Å². The topological polar surface area (TPSA) is 82.1 Å². The van der Waals surface area contributed by atoms with Crippen LogP contribution in [-0.4, -0.2) is 45.0 Å². The molecule has 8 nitrogen and oxygen atoms in total. The van der Waals surface area contributed by atoms with Gasteiger partial charge in [-0.3, -0.25) is 9.13 Å². The van der Waals surface area contributed by atoms with Crippen molar-refractivity contribution >= 4 is 21.1 Å². The summed E-state index contributed by atoms with van der Waals surface area (Å²) in [6.07, 6.45) is 5.52. The molecule has 1 aliphatic rings. The molecule has 1 aromatic carbocycles. The molecule has 0 fully saturated rings. The number of hydrogen-bond acceptors (Lipinski definition) is 4. The van der Waals surface area contributed by atoms with Crippen molar-refractivity contribution in [3.05, 3.63) is 46.9 Å². The molecule has 0 radical (unpaired) electrons. The van der Waals surface area contributed by atoms with Crippen molar-refractivity contribution in [1.29, 1.82) is 0 Å². The van der Waals surface area contributed by atoms with Gasteiger partial charge < -0.3 is 4.57 Å². The Bertz CT molecular complexity index is 1170. The molecule has 0 saturated carbocycles. The second kappa shape index (κ2) is 6.35.